The van der Waals surface area contributed by atoms with Crippen LogP contribution in [0, 0.1) is 0 Å². The lowest BCUT2D eigenvalue weighted by atomic mass is 10.0. The predicted molar refractivity (Wildman–Crippen MR) is 112 cm³/mol. The maximum Gasteiger partial charge on any atom is 0.254 e. The Morgan fingerprint density at radius 1 is 1.23 bits per heavy atom. The van der Waals surface area contributed by atoms with Crippen molar-refractivity contribution in [3.8, 4) is 11.3 Å². The number of likely N-dealkylation sites (tertiary alicyclic amines) is 1. The Kier molecular flexibility index (Phi) is 5.75. The minimum Gasteiger partial charge on any atom is -0.394 e. The Balaban J connectivity index is 1.74. The van der Waals surface area contributed by atoms with Crippen LogP contribution in [0.25, 0.3) is 11.3 Å². The number of aromatic nitrogens is 4. The number of carbonyl (C=O) groups excluding carboxylic acids is 1. The van der Waals surface area contributed by atoms with Gasteiger partial charge in [-0.2, -0.15) is 5.10 Å². The number of aliphatic hydroxyl groups is 2. The normalized spacial score (nSPS) is 19.7. The lowest BCUT2D eigenvalue weighted by molar-refractivity contribution is -0.149. The monoisotopic (exact) mass is 414 g/mol. The van der Waals surface area contributed by atoms with Crippen molar-refractivity contribution in [1.29, 1.82) is 0 Å². The fourth-order valence-electron chi connectivity index (χ4n) is 4.43. The second kappa shape index (κ2) is 8.31. The van der Waals surface area contributed by atoms with E-state index in [9.17, 15) is 15.0 Å². The summed E-state index contributed by atoms with van der Waals surface area (Å²) in [5.41, 5.74) is 1.01. The summed E-state index contributed by atoms with van der Waals surface area (Å²) in [5.74, 6) is 0.412. The van der Waals surface area contributed by atoms with Crippen molar-refractivity contribution in [3.63, 3.8) is 0 Å². The van der Waals surface area contributed by atoms with Crippen molar-refractivity contribution in [3.05, 3.63) is 24.2 Å². The summed E-state index contributed by atoms with van der Waals surface area (Å²) in [5, 5.41) is 24.3. The van der Waals surface area contributed by atoms with Crippen molar-refractivity contribution in [1.82, 2.24) is 24.6 Å². The lowest BCUT2D eigenvalue weighted by Crippen LogP contribution is -2.45. The molecular formula is C21H30N6O3. The van der Waals surface area contributed by atoms with Gasteiger partial charge in [0.2, 0.25) is 5.95 Å². The summed E-state index contributed by atoms with van der Waals surface area (Å²) in [6.07, 6.45) is 7.42. The lowest BCUT2D eigenvalue weighted by Gasteiger charge is -2.31. The highest BCUT2D eigenvalue weighted by molar-refractivity contribution is 5.85. The molecule has 162 valence electrons. The highest BCUT2D eigenvalue weighted by Gasteiger charge is 2.39. The summed E-state index contributed by atoms with van der Waals surface area (Å²) >= 11 is 0. The van der Waals surface area contributed by atoms with E-state index in [4.69, 9.17) is 4.98 Å². The molecule has 2 N–H and O–H groups in total. The van der Waals surface area contributed by atoms with E-state index in [0.717, 1.165) is 55.7 Å². The van der Waals surface area contributed by atoms with Gasteiger partial charge >= 0.3 is 0 Å². The third kappa shape index (κ3) is 3.91. The molecule has 2 saturated heterocycles. The standard InChI is InChI=1S/C21H30N6O3/c1-21(2,30)19(29)26-11-5-6-17(26)18-15(14-23-27(18)12-13-28)16-7-8-22-20(24-16)25-9-3-4-10-25/h7-8,14,17,28,30H,3-6,9-13H2,1-2H3/t17-/m0/s1. The van der Waals surface area contributed by atoms with E-state index in [1.807, 2.05) is 6.07 Å². The van der Waals surface area contributed by atoms with Gasteiger partial charge < -0.3 is 20.0 Å². The highest BCUT2D eigenvalue weighted by Crippen LogP contribution is 2.38. The molecule has 30 heavy (non-hydrogen) atoms. The SMILES string of the molecule is CC(C)(O)C(=O)N1CCC[C@H]1c1c(-c2ccnc(N3CCCC3)n2)cnn1CCO. The summed E-state index contributed by atoms with van der Waals surface area (Å²) in [6, 6.07) is 1.64. The Labute approximate surface area is 176 Å². The zero-order chi connectivity index (χ0) is 21.3. The van der Waals surface area contributed by atoms with Crippen LogP contribution in [-0.2, 0) is 11.3 Å². The molecule has 0 radical (unpaired) electrons. The predicted octanol–water partition coefficient (Wildman–Crippen LogP) is 1.37. The Morgan fingerprint density at radius 2 is 2.00 bits per heavy atom. The average Bonchev–Trinajstić information content (AvgIpc) is 3.47. The van der Waals surface area contributed by atoms with E-state index in [1.165, 1.54) is 13.8 Å². The van der Waals surface area contributed by atoms with Crippen LogP contribution in [0.3, 0.4) is 0 Å². The van der Waals surface area contributed by atoms with E-state index >= 15 is 0 Å². The van der Waals surface area contributed by atoms with E-state index in [0.29, 0.717) is 19.0 Å². The summed E-state index contributed by atoms with van der Waals surface area (Å²) in [7, 11) is 0. The summed E-state index contributed by atoms with van der Waals surface area (Å²) in [6.45, 7) is 5.81. The smallest absolute Gasteiger partial charge is 0.254 e. The van der Waals surface area contributed by atoms with Crippen LogP contribution >= 0.6 is 0 Å². The highest BCUT2D eigenvalue weighted by atomic mass is 16.3. The minimum atomic E-state index is -1.44. The van der Waals surface area contributed by atoms with E-state index < -0.39 is 5.60 Å². The molecule has 0 spiro atoms. The molecule has 0 aliphatic carbocycles. The number of carbonyl (C=O) groups is 1. The van der Waals surface area contributed by atoms with Gasteiger partial charge in [0.25, 0.3) is 5.91 Å². The number of anilines is 1. The molecule has 4 rings (SSSR count). The number of amides is 1. The van der Waals surface area contributed by atoms with E-state index in [2.05, 4.69) is 15.0 Å². The summed E-state index contributed by atoms with van der Waals surface area (Å²) in [4.78, 5) is 26.0. The van der Waals surface area contributed by atoms with Gasteiger partial charge in [0.15, 0.2) is 0 Å². The van der Waals surface area contributed by atoms with Crippen LogP contribution in [0.1, 0.15) is 51.3 Å². The molecule has 1 atom stereocenters. The van der Waals surface area contributed by atoms with Crippen LogP contribution in [0.4, 0.5) is 5.95 Å². The van der Waals surface area contributed by atoms with Crippen molar-refractivity contribution < 1.29 is 15.0 Å². The zero-order valence-corrected chi connectivity index (χ0v) is 17.7. The number of hydrogen-bond acceptors (Lipinski definition) is 7. The molecule has 1 amide bonds. The Bertz CT molecular complexity index is 900. The first-order valence-electron chi connectivity index (χ1n) is 10.7. The van der Waals surface area contributed by atoms with Crippen LogP contribution in [0.15, 0.2) is 18.5 Å². The largest absolute Gasteiger partial charge is 0.394 e. The fraction of sp³-hybridized carbons (Fsp3) is 0.619. The molecule has 9 heteroatoms. The molecule has 4 heterocycles. The molecule has 2 aliphatic heterocycles. The van der Waals surface area contributed by atoms with Gasteiger partial charge in [-0.3, -0.25) is 9.48 Å². The third-order valence-corrected chi connectivity index (χ3v) is 5.85. The van der Waals surface area contributed by atoms with E-state index in [-0.39, 0.29) is 18.6 Å². The molecular weight excluding hydrogens is 384 g/mol. The number of nitrogens with zero attached hydrogens (tertiary/aromatic N) is 6. The maximum absolute atomic E-state index is 12.9. The third-order valence-electron chi connectivity index (χ3n) is 5.85. The number of hydrogen-bond donors (Lipinski definition) is 2. The quantitative estimate of drug-likeness (QED) is 0.735. The molecule has 2 aromatic heterocycles. The average molecular weight is 415 g/mol. The van der Waals surface area contributed by atoms with Crippen molar-refractivity contribution in [2.75, 3.05) is 31.1 Å². The molecule has 9 nitrogen and oxygen atoms in total. The van der Waals surface area contributed by atoms with Gasteiger partial charge in [-0.25, -0.2) is 9.97 Å². The first kappa shape index (κ1) is 20.7. The minimum absolute atomic E-state index is 0.0525. The second-order valence-corrected chi connectivity index (χ2v) is 8.54. The first-order chi connectivity index (χ1) is 14.4. The maximum atomic E-state index is 12.9. The molecule has 2 aliphatic rings. The molecule has 2 fully saturated rings. The van der Waals surface area contributed by atoms with E-state index in [1.54, 1.807) is 22.0 Å². The van der Waals surface area contributed by atoms with Crippen LogP contribution in [0.5, 0.6) is 0 Å². The first-order valence-corrected chi connectivity index (χ1v) is 10.7. The Morgan fingerprint density at radius 3 is 2.70 bits per heavy atom. The molecule has 0 saturated carbocycles. The van der Waals surface area contributed by atoms with Gasteiger partial charge in [-0.05, 0) is 45.6 Å². The van der Waals surface area contributed by atoms with Crippen molar-refractivity contribution >= 4 is 11.9 Å². The number of aliphatic hydroxyl groups excluding tert-OH is 1. The Hall–Kier alpha value is -2.52. The fourth-order valence-corrected chi connectivity index (χ4v) is 4.43. The molecule has 2 aromatic rings. The van der Waals surface area contributed by atoms with Crippen LogP contribution < -0.4 is 4.90 Å². The molecule has 0 bridgehead atoms. The van der Waals surface area contributed by atoms with Gasteiger partial charge in [0, 0.05) is 31.4 Å². The van der Waals surface area contributed by atoms with Crippen LogP contribution in [-0.4, -0.2) is 72.6 Å². The van der Waals surface area contributed by atoms with Gasteiger partial charge in [0.1, 0.15) is 5.60 Å². The number of rotatable bonds is 6. The summed E-state index contributed by atoms with van der Waals surface area (Å²) < 4.78 is 1.76. The molecule has 0 unspecified atom stereocenters. The van der Waals surface area contributed by atoms with Gasteiger partial charge in [-0.1, -0.05) is 0 Å². The van der Waals surface area contributed by atoms with Gasteiger partial charge in [-0.15, -0.1) is 0 Å². The van der Waals surface area contributed by atoms with Crippen molar-refractivity contribution in [2.45, 2.75) is 57.7 Å². The molecule has 0 aromatic carbocycles. The zero-order valence-electron chi connectivity index (χ0n) is 17.7. The van der Waals surface area contributed by atoms with Crippen LogP contribution in [0.2, 0.25) is 0 Å². The topological polar surface area (TPSA) is 108 Å². The van der Waals surface area contributed by atoms with Crippen molar-refractivity contribution in [2.24, 2.45) is 0 Å². The van der Waals surface area contributed by atoms with Gasteiger partial charge in [0.05, 0.1) is 36.8 Å². The second-order valence-electron chi connectivity index (χ2n) is 8.54.